The Bertz CT molecular complexity index is 3400. The smallest absolute Gasteiger partial charge is 0.118 e. The Morgan fingerprint density at radius 1 is 0.214 bits per heavy atom. The fourth-order valence-corrected chi connectivity index (χ4v) is 10.1. The average molecular weight is 909 g/mol. The van der Waals surface area contributed by atoms with Crippen LogP contribution in [-0.2, 0) is 0 Å². The standard InChI is InChI=1S/C64H48N2O4/c1-67-53-25-9-43(10-26-53)47-17-33-61-57(37-47)58-38-48(44-11-27-54(68-2)28-12-44)18-34-62(58)65(61)51-21-5-41(6-22-51)42-7-23-52(24-8-42)66-63-35-19-49(45-13-29-55(69-3)30-14-45)39-59(63)60-40-50(20-36-64(60)66)46-15-31-56(70-4)32-16-46/h5-40H,1-4H3. The Labute approximate surface area is 406 Å². The van der Waals surface area contributed by atoms with Gasteiger partial charge in [-0.3, -0.25) is 0 Å². The molecule has 6 nitrogen and oxygen atoms in total. The van der Waals surface area contributed by atoms with E-state index in [1.165, 1.54) is 21.5 Å². The second kappa shape index (κ2) is 17.6. The second-order valence-electron chi connectivity index (χ2n) is 17.6. The molecule has 0 aliphatic rings. The van der Waals surface area contributed by atoms with Gasteiger partial charge in [-0.05, 0) is 177 Å². The molecular weight excluding hydrogens is 861 g/mol. The zero-order valence-corrected chi connectivity index (χ0v) is 39.3. The Morgan fingerprint density at radius 3 is 0.614 bits per heavy atom. The molecule has 0 saturated carbocycles. The number of rotatable bonds is 11. The number of fused-ring (bicyclic) bond motifs is 6. The molecule has 0 aliphatic carbocycles. The lowest BCUT2D eigenvalue weighted by Gasteiger charge is -2.12. The van der Waals surface area contributed by atoms with Crippen molar-refractivity contribution in [3.8, 4) is 90.0 Å². The minimum Gasteiger partial charge on any atom is -0.497 e. The van der Waals surface area contributed by atoms with Crippen LogP contribution in [0.4, 0.5) is 0 Å². The van der Waals surface area contributed by atoms with Crippen molar-refractivity contribution < 1.29 is 18.9 Å². The van der Waals surface area contributed by atoms with Crippen LogP contribution in [0.5, 0.6) is 23.0 Å². The Kier molecular flexibility index (Phi) is 10.6. The van der Waals surface area contributed by atoms with Crippen molar-refractivity contribution in [2.24, 2.45) is 0 Å². The van der Waals surface area contributed by atoms with Gasteiger partial charge >= 0.3 is 0 Å². The molecule has 2 heterocycles. The first-order valence-electron chi connectivity index (χ1n) is 23.4. The molecule has 0 bridgehead atoms. The molecule has 0 spiro atoms. The van der Waals surface area contributed by atoms with Gasteiger partial charge in [0.05, 0.1) is 50.5 Å². The maximum atomic E-state index is 5.46. The summed E-state index contributed by atoms with van der Waals surface area (Å²) in [7, 11) is 6.80. The Morgan fingerprint density at radius 2 is 0.400 bits per heavy atom. The zero-order valence-electron chi connectivity index (χ0n) is 39.3. The van der Waals surface area contributed by atoms with E-state index in [4.69, 9.17) is 18.9 Å². The van der Waals surface area contributed by atoms with Crippen molar-refractivity contribution in [3.63, 3.8) is 0 Å². The third-order valence-corrected chi connectivity index (χ3v) is 13.8. The summed E-state index contributed by atoms with van der Waals surface area (Å²) in [6, 6.07) is 78.2. The highest BCUT2D eigenvalue weighted by atomic mass is 16.5. The molecule has 12 rings (SSSR count). The van der Waals surface area contributed by atoms with E-state index < -0.39 is 0 Å². The van der Waals surface area contributed by atoms with E-state index in [0.29, 0.717) is 0 Å². The topological polar surface area (TPSA) is 46.8 Å². The fraction of sp³-hybridized carbons (Fsp3) is 0.0625. The van der Waals surface area contributed by atoms with E-state index in [0.717, 1.165) is 112 Å². The summed E-state index contributed by atoms with van der Waals surface area (Å²) in [4.78, 5) is 0. The van der Waals surface area contributed by atoms with E-state index in [1.54, 1.807) is 28.4 Å². The van der Waals surface area contributed by atoms with Crippen LogP contribution in [0.25, 0.3) is 111 Å². The van der Waals surface area contributed by atoms with E-state index >= 15 is 0 Å². The van der Waals surface area contributed by atoms with Gasteiger partial charge in [-0.15, -0.1) is 0 Å². The number of benzene rings is 10. The van der Waals surface area contributed by atoms with E-state index in [9.17, 15) is 0 Å². The summed E-state index contributed by atoms with van der Waals surface area (Å²) in [6.45, 7) is 0. The van der Waals surface area contributed by atoms with Crippen molar-refractivity contribution in [2.75, 3.05) is 28.4 Å². The minimum atomic E-state index is 0.841. The molecule has 0 radical (unpaired) electrons. The SMILES string of the molecule is COc1ccc(-c2ccc3c(c2)c2cc(-c4ccc(OC)cc4)ccc2n3-c2ccc(-c3ccc(-n4c5ccc(-c6ccc(OC)cc6)cc5c5cc(-c6ccc(OC)cc6)ccc54)cc3)cc2)cc1. The van der Waals surface area contributed by atoms with Crippen molar-refractivity contribution in [1.29, 1.82) is 0 Å². The van der Waals surface area contributed by atoms with Crippen molar-refractivity contribution in [1.82, 2.24) is 9.13 Å². The average Bonchev–Trinajstić information content (AvgIpc) is 3.94. The van der Waals surface area contributed by atoms with Crippen molar-refractivity contribution >= 4 is 43.6 Å². The fourth-order valence-electron chi connectivity index (χ4n) is 10.1. The van der Waals surface area contributed by atoms with E-state index in [1.807, 2.05) is 48.5 Å². The van der Waals surface area contributed by atoms with Crippen molar-refractivity contribution in [2.45, 2.75) is 0 Å². The third-order valence-electron chi connectivity index (χ3n) is 13.8. The number of aromatic nitrogens is 2. The molecule has 0 unspecified atom stereocenters. The molecule has 0 amide bonds. The van der Waals surface area contributed by atoms with Crippen molar-refractivity contribution in [3.05, 3.63) is 218 Å². The summed E-state index contributed by atoms with van der Waals surface area (Å²) in [5.74, 6) is 3.36. The van der Waals surface area contributed by atoms with Crippen LogP contribution in [-0.4, -0.2) is 37.6 Å². The Hall–Kier alpha value is -9.00. The highest BCUT2D eigenvalue weighted by Gasteiger charge is 2.18. The largest absolute Gasteiger partial charge is 0.497 e. The highest BCUT2D eigenvalue weighted by Crippen LogP contribution is 2.40. The minimum absolute atomic E-state index is 0.841. The molecule has 338 valence electrons. The molecule has 0 aliphatic heterocycles. The quantitative estimate of drug-likeness (QED) is 0.130. The molecule has 2 aromatic heterocycles. The first-order valence-corrected chi connectivity index (χ1v) is 23.4. The first-order chi connectivity index (χ1) is 34.5. The van der Waals surface area contributed by atoms with Crippen LogP contribution in [0.3, 0.4) is 0 Å². The van der Waals surface area contributed by atoms with Gasteiger partial charge in [-0.2, -0.15) is 0 Å². The number of ether oxygens (including phenoxy) is 4. The number of hydrogen-bond donors (Lipinski definition) is 0. The maximum Gasteiger partial charge on any atom is 0.118 e. The lowest BCUT2D eigenvalue weighted by Crippen LogP contribution is -1.95. The lowest BCUT2D eigenvalue weighted by atomic mass is 10.00. The maximum absolute atomic E-state index is 5.46. The monoisotopic (exact) mass is 908 g/mol. The summed E-state index contributed by atoms with van der Waals surface area (Å²) in [6.07, 6.45) is 0. The molecular formula is C64H48N2O4. The summed E-state index contributed by atoms with van der Waals surface area (Å²) in [5, 5.41) is 4.77. The van der Waals surface area contributed by atoms with Gasteiger partial charge in [0.15, 0.2) is 0 Å². The molecule has 70 heavy (non-hydrogen) atoms. The van der Waals surface area contributed by atoms with Crippen LogP contribution in [0.1, 0.15) is 0 Å². The first kappa shape index (κ1) is 42.4. The third kappa shape index (κ3) is 7.47. The Balaban J connectivity index is 0.914. The van der Waals surface area contributed by atoms with Gasteiger partial charge in [0.25, 0.3) is 0 Å². The van der Waals surface area contributed by atoms with E-state index in [2.05, 4.69) is 179 Å². The summed E-state index contributed by atoms with van der Waals surface area (Å²) in [5.41, 5.74) is 18.3. The molecule has 12 aromatic rings. The normalized spacial score (nSPS) is 11.4. The summed E-state index contributed by atoms with van der Waals surface area (Å²) < 4.78 is 26.6. The van der Waals surface area contributed by atoms with Gasteiger partial charge in [0.1, 0.15) is 23.0 Å². The molecule has 6 heteroatoms. The van der Waals surface area contributed by atoms with E-state index in [-0.39, 0.29) is 0 Å². The molecule has 0 atom stereocenters. The van der Waals surface area contributed by atoms with Gasteiger partial charge < -0.3 is 28.1 Å². The number of hydrogen-bond acceptors (Lipinski definition) is 4. The molecule has 10 aromatic carbocycles. The molecule has 0 saturated heterocycles. The van der Waals surface area contributed by atoms with Gasteiger partial charge in [-0.25, -0.2) is 0 Å². The predicted molar refractivity (Wildman–Crippen MR) is 289 cm³/mol. The van der Waals surface area contributed by atoms with Crippen LogP contribution < -0.4 is 18.9 Å². The predicted octanol–water partition coefficient (Wildman–Crippen LogP) is 16.3. The van der Waals surface area contributed by atoms with Crippen LogP contribution in [0.15, 0.2) is 218 Å². The second-order valence-corrected chi connectivity index (χ2v) is 17.6. The highest BCUT2D eigenvalue weighted by molar-refractivity contribution is 6.13. The van der Waals surface area contributed by atoms with Crippen LogP contribution in [0, 0.1) is 0 Å². The summed E-state index contributed by atoms with van der Waals surface area (Å²) >= 11 is 0. The number of nitrogens with zero attached hydrogens (tertiary/aromatic N) is 2. The van der Waals surface area contributed by atoms with Crippen LogP contribution in [0.2, 0.25) is 0 Å². The molecule has 0 fully saturated rings. The van der Waals surface area contributed by atoms with Gasteiger partial charge in [0, 0.05) is 32.9 Å². The van der Waals surface area contributed by atoms with Gasteiger partial charge in [0.2, 0.25) is 0 Å². The van der Waals surface area contributed by atoms with Gasteiger partial charge in [-0.1, -0.05) is 97.1 Å². The lowest BCUT2D eigenvalue weighted by molar-refractivity contribution is 0.415. The van der Waals surface area contributed by atoms with Crippen LogP contribution >= 0.6 is 0 Å². The molecule has 0 N–H and O–H groups in total. The zero-order chi connectivity index (χ0) is 47.3. The number of methoxy groups -OCH3 is 4.